The average Bonchev–Trinajstić information content (AvgIpc) is 2.54. The van der Waals surface area contributed by atoms with Gasteiger partial charge in [0.05, 0.1) is 6.21 Å². The molecule has 0 aliphatic heterocycles. The predicted octanol–water partition coefficient (Wildman–Crippen LogP) is 3.79. The number of nitrogens with one attached hydrogen (secondary N) is 1. The van der Waals surface area contributed by atoms with Crippen LogP contribution in [0.2, 0.25) is 10.0 Å². The lowest BCUT2D eigenvalue weighted by atomic mass is 10.1. The Morgan fingerprint density at radius 3 is 2.48 bits per heavy atom. The second kappa shape index (κ2) is 8.34. The van der Waals surface area contributed by atoms with E-state index in [1.54, 1.807) is 30.3 Å². The van der Waals surface area contributed by atoms with Gasteiger partial charge in [-0.3, -0.25) is 4.79 Å². The average molecular weight is 381 g/mol. The number of halogens is 2. The molecule has 1 amide bonds. The van der Waals surface area contributed by atoms with Gasteiger partial charge in [-0.05, 0) is 49.7 Å². The summed E-state index contributed by atoms with van der Waals surface area (Å²) in [4.78, 5) is 11.6. The summed E-state index contributed by atoms with van der Waals surface area (Å²) in [5.41, 5.74) is 2.30. The van der Waals surface area contributed by atoms with Crippen LogP contribution in [0.25, 0.3) is 0 Å². The first kappa shape index (κ1) is 19.2. The fraction of sp³-hybridized carbons (Fsp3) is 0.222. The predicted molar refractivity (Wildman–Crippen MR) is 99.3 cm³/mol. The Morgan fingerprint density at radius 1 is 1.20 bits per heavy atom. The van der Waals surface area contributed by atoms with E-state index in [1.165, 1.54) is 20.1 Å². The summed E-state index contributed by atoms with van der Waals surface area (Å²) in [6, 6.07) is 12.4. The van der Waals surface area contributed by atoms with Crippen LogP contribution in [0.15, 0.2) is 47.6 Å². The minimum Gasteiger partial charge on any atom is -0.488 e. The lowest BCUT2D eigenvalue weighted by Crippen LogP contribution is -2.39. The molecular weight excluding hydrogens is 363 g/mol. The number of amides is 1. The number of aliphatic hydroxyl groups is 1. The molecular formula is C18H18Cl2N2O3. The molecule has 0 heterocycles. The van der Waals surface area contributed by atoms with E-state index in [2.05, 4.69) is 10.5 Å². The van der Waals surface area contributed by atoms with Crippen molar-refractivity contribution < 1.29 is 14.6 Å². The largest absolute Gasteiger partial charge is 0.488 e. The highest BCUT2D eigenvalue weighted by Gasteiger charge is 2.22. The van der Waals surface area contributed by atoms with Crippen LogP contribution in [-0.2, 0) is 11.4 Å². The van der Waals surface area contributed by atoms with Crippen LogP contribution in [0.4, 0.5) is 0 Å². The second-order valence-electron chi connectivity index (χ2n) is 5.86. The van der Waals surface area contributed by atoms with Crippen molar-refractivity contribution in [2.75, 3.05) is 0 Å². The number of carbonyl (C=O) groups excluding carboxylic acids is 1. The van der Waals surface area contributed by atoms with E-state index in [-0.39, 0.29) is 0 Å². The first-order valence-corrected chi connectivity index (χ1v) is 8.24. The Hall–Kier alpha value is -2.08. The van der Waals surface area contributed by atoms with E-state index in [0.717, 1.165) is 5.56 Å². The van der Waals surface area contributed by atoms with Crippen LogP contribution >= 0.6 is 23.2 Å². The summed E-state index contributed by atoms with van der Waals surface area (Å²) in [5, 5.41) is 14.6. The third kappa shape index (κ3) is 6.05. The maximum absolute atomic E-state index is 11.6. The number of ether oxygens (including phenoxy) is 1. The molecule has 0 aliphatic carbocycles. The van der Waals surface area contributed by atoms with Crippen molar-refractivity contribution in [3.05, 3.63) is 63.6 Å². The van der Waals surface area contributed by atoms with Crippen LogP contribution < -0.4 is 10.2 Å². The van der Waals surface area contributed by atoms with Gasteiger partial charge in [-0.1, -0.05) is 35.3 Å². The molecule has 132 valence electrons. The zero-order chi connectivity index (χ0) is 18.4. The van der Waals surface area contributed by atoms with Crippen molar-refractivity contribution in [1.82, 2.24) is 5.43 Å². The normalized spacial score (nSPS) is 11.6. The van der Waals surface area contributed by atoms with Crippen molar-refractivity contribution in [2.24, 2.45) is 5.10 Å². The van der Waals surface area contributed by atoms with Crippen molar-refractivity contribution in [2.45, 2.75) is 26.1 Å². The number of nitrogens with zero attached hydrogens (tertiary/aromatic N) is 1. The molecule has 0 aromatic heterocycles. The van der Waals surface area contributed by atoms with Crippen LogP contribution in [0, 0.1) is 0 Å². The summed E-state index contributed by atoms with van der Waals surface area (Å²) in [5.74, 6) is -0.0602. The smallest absolute Gasteiger partial charge is 0.271 e. The van der Waals surface area contributed by atoms with Gasteiger partial charge in [0.1, 0.15) is 18.0 Å². The molecule has 0 aliphatic rings. The molecule has 2 N–H and O–H groups in total. The Balaban J connectivity index is 2.08. The fourth-order valence-corrected chi connectivity index (χ4v) is 2.10. The molecule has 0 unspecified atom stereocenters. The molecule has 2 aromatic carbocycles. The number of rotatable bonds is 6. The van der Waals surface area contributed by atoms with Gasteiger partial charge in [-0.2, -0.15) is 5.10 Å². The lowest BCUT2D eigenvalue weighted by Gasteiger charge is -2.14. The fourth-order valence-electron chi connectivity index (χ4n) is 1.79. The summed E-state index contributed by atoms with van der Waals surface area (Å²) in [6.07, 6.45) is 1.41. The summed E-state index contributed by atoms with van der Waals surface area (Å²) < 4.78 is 5.79. The molecule has 0 radical (unpaired) electrons. The quantitative estimate of drug-likeness (QED) is 0.591. The van der Waals surface area contributed by atoms with Crippen LogP contribution in [-0.4, -0.2) is 22.8 Å². The van der Waals surface area contributed by atoms with Gasteiger partial charge in [0.25, 0.3) is 5.91 Å². The van der Waals surface area contributed by atoms with Crippen molar-refractivity contribution in [1.29, 1.82) is 0 Å². The summed E-state index contributed by atoms with van der Waals surface area (Å²) in [6.45, 7) is 3.09. The standard InChI is InChI=1S/C18H18Cl2N2O3/c1-18(2,24)17(23)22-21-10-13-9-15(20)7-8-16(13)25-11-12-3-5-14(19)6-4-12/h3-10,24H,11H2,1-2H3,(H,22,23). The molecule has 5 nitrogen and oxygen atoms in total. The van der Waals surface area contributed by atoms with E-state index in [4.69, 9.17) is 27.9 Å². The molecule has 0 fully saturated rings. The molecule has 7 heteroatoms. The molecule has 2 aromatic rings. The molecule has 2 rings (SSSR count). The zero-order valence-corrected chi connectivity index (χ0v) is 15.3. The maximum atomic E-state index is 11.6. The third-order valence-electron chi connectivity index (χ3n) is 3.20. The monoisotopic (exact) mass is 380 g/mol. The minimum absolute atomic E-state index is 0.343. The van der Waals surface area contributed by atoms with Gasteiger partial charge in [-0.15, -0.1) is 0 Å². The van der Waals surface area contributed by atoms with Crippen molar-refractivity contribution in [3.63, 3.8) is 0 Å². The van der Waals surface area contributed by atoms with Gasteiger partial charge in [0.2, 0.25) is 0 Å². The Labute approximate surface area is 156 Å². The van der Waals surface area contributed by atoms with Crippen LogP contribution in [0.3, 0.4) is 0 Å². The van der Waals surface area contributed by atoms with E-state index >= 15 is 0 Å². The van der Waals surface area contributed by atoms with Crippen LogP contribution in [0.1, 0.15) is 25.0 Å². The van der Waals surface area contributed by atoms with Gasteiger partial charge in [0.15, 0.2) is 0 Å². The third-order valence-corrected chi connectivity index (χ3v) is 3.69. The number of carbonyl (C=O) groups is 1. The van der Waals surface area contributed by atoms with Gasteiger partial charge >= 0.3 is 0 Å². The summed E-state index contributed by atoms with van der Waals surface area (Å²) in [7, 11) is 0. The number of hydrogen-bond donors (Lipinski definition) is 2. The minimum atomic E-state index is -1.51. The highest BCUT2D eigenvalue weighted by atomic mass is 35.5. The zero-order valence-electron chi connectivity index (χ0n) is 13.8. The SMILES string of the molecule is CC(C)(O)C(=O)NN=Cc1cc(Cl)ccc1OCc1ccc(Cl)cc1. The van der Waals surface area contributed by atoms with Crippen LogP contribution in [0.5, 0.6) is 5.75 Å². The molecule has 0 spiro atoms. The van der Waals surface area contributed by atoms with E-state index in [0.29, 0.717) is 28.0 Å². The Morgan fingerprint density at radius 2 is 1.84 bits per heavy atom. The maximum Gasteiger partial charge on any atom is 0.271 e. The van der Waals surface area contributed by atoms with Crippen molar-refractivity contribution in [3.8, 4) is 5.75 Å². The molecule has 0 bridgehead atoms. The van der Waals surface area contributed by atoms with Crippen molar-refractivity contribution >= 4 is 35.3 Å². The van der Waals surface area contributed by atoms with E-state index in [9.17, 15) is 9.90 Å². The Kier molecular flexibility index (Phi) is 6.42. The number of benzene rings is 2. The molecule has 25 heavy (non-hydrogen) atoms. The molecule has 0 saturated carbocycles. The highest BCUT2D eigenvalue weighted by molar-refractivity contribution is 6.31. The molecule has 0 saturated heterocycles. The van der Waals surface area contributed by atoms with Gasteiger partial charge < -0.3 is 9.84 Å². The van der Waals surface area contributed by atoms with E-state index in [1.807, 2.05) is 12.1 Å². The van der Waals surface area contributed by atoms with E-state index < -0.39 is 11.5 Å². The lowest BCUT2D eigenvalue weighted by molar-refractivity contribution is -0.136. The molecule has 0 atom stereocenters. The first-order chi connectivity index (χ1) is 11.8. The first-order valence-electron chi connectivity index (χ1n) is 7.48. The number of hydrogen-bond acceptors (Lipinski definition) is 4. The number of hydrazone groups is 1. The highest BCUT2D eigenvalue weighted by Crippen LogP contribution is 2.23. The second-order valence-corrected chi connectivity index (χ2v) is 6.73. The van der Waals surface area contributed by atoms with Gasteiger partial charge in [0, 0.05) is 15.6 Å². The van der Waals surface area contributed by atoms with Gasteiger partial charge in [-0.25, -0.2) is 5.43 Å². The topological polar surface area (TPSA) is 70.9 Å². The Bertz CT molecular complexity index is 769. The summed E-state index contributed by atoms with van der Waals surface area (Å²) >= 11 is 11.9.